The van der Waals surface area contributed by atoms with E-state index in [1.807, 2.05) is 0 Å². The van der Waals surface area contributed by atoms with Crippen LogP contribution in [0.5, 0.6) is 5.75 Å². The highest BCUT2D eigenvalue weighted by Crippen LogP contribution is 2.32. The summed E-state index contributed by atoms with van der Waals surface area (Å²) in [5.74, 6) is -0.223. The smallest absolute Gasteiger partial charge is 0.293 e. The van der Waals surface area contributed by atoms with E-state index in [0.717, 1.165) is 22.2 Å². The zero-order valence-electron chi connectivity index (χ0n) is 15.0. The molecule has 1 heterocycles. The first-order valence-electron chi connectivity index (χ1n) is 8.39. The van der Waals surface area contributed by atoms with E-state index in [1.165, 1.54) is 19.2 Å². The van der Waals surface area contributed by atoms with Crippen molar-refractivity contribution in [3.63, 3.8) is 0 Å². The highest BCUT2D eigenvalue weighted by molar-refractivity contribution is 8.18. The Hall–Kier alpha value is -2.35. The molecule has 1 fully saturated rings. The van der Waals surface area contributed by atoms with Gasteiger partial charge in [0.1, 0.15) is 18.2 Å². The molecule has 0 bridgehead atoms. The highest BCUT2D eigenvalue weighted by Gasteiger charge is 2.34. The maximum Gasteiger partial charge on any atom is 0.293 e. The van der Waals surface area contributed by atoms with Crippen LogP contribution in [0.4, 0.5) is 9.18 Å². The highest BCUT2D eigenvalue weighted by atomic mass is 35.5. The van der Waals surface area contributed by atoms with Gasteiger partial charge < -0.3 is 9.47 Å². The van der Waals surface area contributed by atoms with Crippen LogP contribution < -0.4 is 4.74 Å². The van der Waals surface area contributed by atoms with Crippen molar-refractivity contribution in [2.75, 3.05) is 20.3 Å². The number of rotatable bonds is 7. The molecule has 3 rings (SSSR count). The van der Waals surface area contributed by atoms with E-state index in [0.29, 0.717) is 22.3 Å². The number of amides is 2. The van der Waals surface area contributed by atoms with Gasteiger partial charge in [-0.2, -0.15) is 0 Å². The number of halogens is 2. The Balaban J connectivity index is 1.65. The minimum absolute atomic E-state index is 0.00322. The van der Waals surface area contributed by atoms with Crippen molar-refractivity contribution in [1.29, 1.82) is 0 Å². The maximum atomic E-state index is 13.8. The molecule has 0 atom stereocenters. The van der Waals surface area contributed by atoms with Gasteiger partial charge in [0.15, 0.2) is 0 Å². The first kappa shape index (κ1) is 20.4. The quantitative estimate of drug-likeness (QED) is 0.604. The third-order valence-electron chi connectivity index (χ3n) is 4.02. The van der Waals surface area contributed by atoms with Crippen LogP contribution in [0.2, 0.25) is 5.02 Å². The minimum Gasteiger partial charge on any atom is -0.489 e. The molecule has 2 aromatic carbocycles. The number of thioether (sulfide) groups is 1. The lowest BCUT2D eigenvalue weighted by atomic mass is 10.2. The first-order valence-corrected chi connectivity index (χ1v) is 9.59. The van der Waals surface area contributed by atoms with Crippen molar-refractivity contribution in [3.05, 3.63) is 69.3 Å². The van der Waals surface area contributed by atoms with Crippen molar-refractivity contribution >= 4 is 40.6 Å². The van der Waals surface area contributed by atoms with E-state index in [-0.39, 0.29) is 29.9 Å². The lowest BCUT2D eigenvalue weighted by molar-refractivity contribution is -0.123. The van der Waals surface area contributed by atoms with Crippen molar-refractivity contribution < 1.29 is 23.5 Å². The summed E-state index contributed by atoms with van der Waals surface area (Å²) in [6.45, 7) is 0.524. The van der Waals surface area contributed by atoms with Crippen LogP contribution in [0.1, 0.15) is 11.1 Å². The van der Waals surface area contributed by atoms with Crippen LogP contribution in [-0.2, 0) is 16.1 Å². The van der Waals surface area contributed by atoms with E-state index < -0.39 is 5.82 Å². The van der Waals surface area contributed by atoms with Gasteiger partial charge in [-0.05, 0) is 47.7 Å². The SMILES string of the molecule is COCCN1C(=O)S/C(=C\c2ccc(OCc3c(F)cccc3Cl)cc2)C1=O. The van der Waals surface area contributed by atoms with Gasteiger partial charge in [0.2, 0.25) is 0 Å². The predicted octanol–water partition coefficient (Wildman–Crippen LogP) is 4.74. The molecular formula is C20H17ClFNO4S. The minimum atomic E-state index is -0.423. The Kier molecular flexibility index (Phi) is 6.72. The van der Waals surface area contributed by atoms with Crippen LogP contribution in [0.3, 0.4) is 0 Å². The number of nitrogens with zero attached hydrogens (tertiary/aromatic N) is 1. The van der Waals surface area contributed by atoms with Crippen LogP contribution >= 0.6 is 23.4 Å². The molecule has 1 aliphatic rings. The molecule has 28 heavy (non-hydrogen) atoms. The van der Waals surface area contributed by atoms with Crippen molar-refractivity contribution in [2.24, 2.45) is 0 Å². The molecule has 5 nitrogen and oxygen atoms in total. The van der Waals surface area contributed by atoms with Crippen LogP contribution in [0, 0.1) is 5.82 Å². The predicted molar refractivity (Wildman–Crippen MR) is 107 cm³/mol. The Morgan fingerprint density at radius 1 is 1.18 bits per heavy atom. The molecule has 146 valence electrons. The summed E-state index contributed by atoms with van der Waals surface area (Å²) < 4.78 is 24.3. The van der Waals surface area contributed by atoms with Gasteiger partial charge in [0, 0.05) is 12.7 Å². The average Bonchev–Trinajstić information content (AvgIpc) is 2.94. The van der Waals surface area contributed by atoms with E-state index >= 15 is 0 Å². The monoisotopic (exact) mass is 421 g/mol. The van der Waals surface area contributed by atoms with Crippen LogP contribution in [0.15, 0.2) is 47.4 Å². The maximum absolute atomic E-state index is 13.8. The second-order valence-corrected chi connectivity index (χ2v) is 7.28. The van der Waals surface area contributed by atoms with Gasteiger partial charge in [-0.15, -0.1) is 0 Å². The number of carbonyl (C=O) groups excluding carboxylic acids is 2. The Morgan fingerprint density at radius 3 is 2.61 bits per heavy atom. The summed E-state index contributed by atoms with van der Waals surface area (Å²) in [4.78, 5) is 25.8. The molecular weight excluding hydrogens is 405 g/mol. The number of hydrogen-bond donors (Lipinski definition) is 0. The fourth-order valence-corrected chi connectivity index (χ4v) is 3.60. The normalized spacial score (nSPS) is 15.5. The third-order valence-corrected chi connectivity index (χ3v) is 5.28. The van der Waals surface area contributed by atoms with E-state index in [9.17, 15) is 14.0 Å². The van der Waals surface area contributed by atoms with E-state index in [2.05, 4.69) is 0 Å². The second-order valence-electron chi connectivity index (χ2n) is 5.88. The fourth-order valence-electron chi connectivity index (χ4n) is 2.51. The molecule has 0 radical (unpaired) electrons. The Bertz CT molecular complexity index is 897. The number of ether oxygens (including phenoxy) is 2. The summed E-state index contributed by atoms with van der Waals surface area (Å²) in [7, 11) is 1.51. The lowest BCUT2D eigenvalue weighted by Gasteiger charge is -2.10. The topological polar surface area (TPSA) is 55.8 Å². The number of hydrogen-bond acceptors (Lipinski definition) is 5. The molecule has 0 spiro atoms. The Labute approximate surface area is 171 Å². The molecule has 1 aliphatic heterocycles. The number of benzene rings is 2. The lowest BCUT2D eigenvalue weighted by Crippen LogP contribution is -2.31. The van der Waals surface area contributed by atoms with Crippen LogP contribution in [0.25, 0.3) is 6.08 Å². The molecule has 8 heteroatoms. The molecule has 0 saturated carbocycles. The summed E-state index contributed by atoms with van der Waals surface area (Å²) in [6.07, 6.45) is 1.65. The molecule has 0 unspecified atom stereocenters. The molecule has 1 saturated heterocycles. The summed E-state index contributed by atoms with van der Waals surface area (Å²) >= 11 is 6.88. The van der Waals surface area contributed by atoms with Crippen molar-refractivity contribution in [2.45, 2.75) is 6.61 Å². The second kappa shape index (κ2) is 9.23. The molecule has 0 N–H and O–H groups in total. The van der Waals surface area contributed by atoms with Gasteiger partial charge in [0.05, 0.1) is 23.1 Å². The molecule has 0 aliphatic carbocycles. The summed E-state index contributed by atoms with van der Waals surface area (Å²) in [5.41, 5.74) is 1.03. The number of carbonyl (C=O) groups is 2. The van der Waals surface area contributed by atoms with Crippen molar-refractivity contribution in [1.82, 2.24) is 4.90 Å². The fraction of sp³-hybridized carbons (Fsp3) is 0.200. The zero-order chi connectivity index (χ0) is 20.1. The number of methoxy groups -OCH3 is 1. The average molecular weight is 422 g/mol. The van der Waals surface area contributed by atoms with Crippen molar-refractivity contribution in [3.8, 4) is 5.75 Å². The third kappa shape index (κ3) is 4.73. The Morgan fingerprint density at radius 2 is 1.93 bits per heavy atom. The first-order chi connectivity index (χ1) is 13.5. The van der Waals surface area contributed by atoms with Gasteiger partial charge in [-0.25, -0.2) is 4.39 Å². The standard InChI is InChI=1S/C20H17ClFNO4S/c1-26-10-9-23-19(24)18(28-20(23)25)11-13-5-7-14(8-6-13)27-12-15-16(21)3-2-4-17(15)22/h2-8,11H,9-10,12H2,1H3/b18-11-. The zero-order valence-corrected chi connectivity index (χ0v) is 16.6. The van der Waals surface area contributed by atoms with Gasteiger partial charge in [0.25, 0.3) is 11.1 Å². The number of imide groups is 1. The molecule has 2 amide bonds. The van der Waals surface area contributed by atoms with E-state index in [1.54, 1.807) is 36.4 Å². The molecule has 0 aromatic heterocycles. The van der Waals surface area contributed by atoms with Gasteiger partial charge in [-0.1, -0.05) is 29.8 Å². The summed E-state index contributed by atoms with van der Waals surface area (Å²) in [6, 6.07) is 11.4. The van der Waals surface area contributed by atoms with E-state index in [4.69, 9.17) is 21.1 Å². The van der Waals surface area contributed by atoms with Gasteiger partial charge >= 0.3 is 0 Å². The molecule has 2 aromatic rings. The van der Waals surface area contributed by atoms with Crippen LogP contribution in [-0.4, -0.2) is 36.3 Å². The van der Waals surface area contributed by atoms with Gasteiger partial charge in [-0.3, -0.25) is 14.5 Å². The largest absolute Gasteiger partial charge is 0.489 e. The summed E-state index contributed by atoms with van der Waals surface area (Å²) in [5, 5.41) is -0.00385.